The maximum absolute atomic E-state index is 12.0. The fourth-order valence-corrected chi connectivity index (χ4v) is 2.53. The summed E-state index contributed by atoms with van der Waals surface area (Å²) in [7, 11) is 0. The number of rotatable bonds is 3. The van der Waals surface area contributed by atoms with Crippen LogP contribution in [0.3, 0.4) is 0 Å². The van der Waals surface area contributed by atoms with Gasteiger partial charge in [-0.1, -0.05) is 0 Å². The predicted octanol–water partition coefficient (Wildman–Crippen LogP) is 3.25. The molecule has 0 saturated heterocycles. The number of aryl methyl sites for hydroxylation is 1. The van der Waals surface area contributed by atoms with E-state index in [4.69, 9.17) is 0 Å². The van der Waals surface area contributed by atoms with Crippen molar-refractivity contribution in [2.45, 2.75) is 19.9 Å². The Morgan fingerprint density at radius 2 is 1.89 bits per heavy atom. The Morgan fingerprint density at radius 3 is 2.44 bits per heavy atom. The summed E-state index contributed by atoms with van der Waals surface area (Å²) in [6, 6.07) is 10.3. The van der Waals surface area contributed by atoms with Crippen molar-refractivity contribution in [1.82, 2.24) is 5.32 Å². The molecule has 1 atom stereocenters. The zero-order chi connectivity index (χ0) is 13.1. The van der Waals surface area contributed by atoms with Gasteiger partial charge in [-0.05, 0) is 50.2 Å². The van der Waals surface area contributed by atoms with E-state index in [1.165, 1.54) is 17.0 Å². The quantitative estimate of drug-likeness (QED) is 0.891. The van der Waals surface area contributed by atoms with Crippen molar-refractivity contribution in [2.75, 3.05) is 0 Å². The van der Waals surface area contributed by atoms with Crippen LogP contribution in [0.2, 0.25) is 0 Å². The smallest absolute Gasteiger partial charge is 0.251 e. The maximum atomic E-state index is 12.0. The van der Waals surface area contributed by atoms with Crippen LogP contribution in [0.4, 0.5) is 0 Å². The van der Waals surface area contributed by atoms with Gasteiger partial charge in [0, 0.05) is 15.3 Å². The number of hydrogen-bond acceptors (Lipinski definition) is 3. The average Bonchev–Trinajstić information content (AvgIpc) is 2.76. The zero-order valence-corrected chi connectivity index (χ0v) is 11.1. The Balaban J connectivity index is 2.05. The second-order valence-corrected chi connectivity index (χ2v) is 5.51. The lowest BCUT2D eigenvalue weighted by atomic mass is 10.2. The van der Waals surface area contributed by atoms with Gasteiger partial charge in [0.05, 0.1) is 6.04 Å². The summed E-state index contributed by atoms with van der Waals surface area (Å²) in [4.78, 5) is 14.3. The van der Waals surface area contributed by atoms with Gasteiger partial charge in [-0.3, -0.25) is 4.79 Å². The Morgan fingerprint density at radius 1 is 1.22 bits per heavy atom. The molecule has 18 heavy (non-hydrogen) atoms. The highest BCUT2D eigenvalue weighted by Gasteiger charge is 2.12. The number of hydrogen-bond donors (Lipinski definition) is 2. The van der Waals surface area contributed by atoms with Gasteiger partial charge < -0.3 is 10.4 Å². The lowest BCUT2D eigenvalue weighted by molar-refractivity contribution is 0.0940. The SMILES string of the molecule is Cc1ccc(C(C)NC(=O)c2ccc(O)cc2)s1. The molecule has 0 aliphatic rings. The molecular formula is C14H15NO2S. The molecule has 2 aromatic rings. The second kappa shape index (κ2) is 5.23. The molecule has 1 amide bonds. The van der Waals surface area contributed by atoms with Crippen molar-refractivity contribution in [2.24, 2.45) is 0 Å². The summed E-state index contributed by atoms with van der Waals surface area (Å²) >= 11 is 1.68. The van der Waals surface area contributed by atoms with Crippen molar-refractivity contribution in [3.8, 4) is 5.75 Å². The maximum Gasteiger partial charge on any atom is 0.251 e. The topological polar surface area (TPSA) is 49.3 Å². The molecule has 94 valence electrons. The highest BCUT2D eigenvalue weighted by atomic mass is 32.1. The first-order chi connectivity index (χ1) is 8.56. The van der Waals surface area contributed by atoms with E-state index in [1.807, 2.05) is 26.0 Å². The van der Waals surface area contributed by atoms with Crippen LogP contribution < -0.4 is 5.32 Å². The summed E-state index contributed by atoms with van der Waals surface area (Å²) < 4.78 is 0. The number of carbonyl (C=O) groups is 1. The number of amides is 1. The number of aromatic hydroxyl groups is 1. The molecule has 1 unspecified atom stereocenters. The Kier molecular flexibility index (Phi) is 3.67. The fourth-order valence-electron chi connectivity index (χ4n) is 1.65. The highest BCUT2D eigenvalue weighted by Crippen LogP contribution is 2.22. The molecule has 2 N–H and O–H groups in total. The minimum atomic E-state index is -0.131. The molecule has 1 heterocycles. The molecule has 4 heteroatoms. The van der Waals surface area contributed by atoms with Crippen LogP contribution in [0.15, 0.2) is 36.4 Å². The van der Waals surface area contributed by atoms with Crippen molar-refractivity contribution in [1.29, 1.82) is 0 Å². The van der Waals surface area contributed by atoms with Gasteiger partial charge in [-0.2, -0.15) is 0 Å². The Labute approximate surface area is 110 Å². The van der Waals surface area contributed by atoms with E-state index in [0.717, 1.165) is 4.88 Å². The summed E-state index contributed by atoms with van der Waals surface area (Å²) in [5, 5.41) is 12.1. The van der Waals surface area contributed by atoms with E-state index in [2.05, 4.69) is 5.32 Å². The minimum Gasteiger partial charge on any atom is -0.508 e. The molecule has 0 spiro atoms. The number of nitrogens with one attached hydrogen (secondary N) is 1. The zero-order valence-electron chi connectivity index (χ0n) is 10.3. The molecule has 0 aliphatic carbocycles. The summed E-state index contributed by atoms with van der Waals surface area (Å²) in [5.41, 5.74) is 0.549. The van der Waals surface area contributed by atoms with E-state index in [1.54, 1.807) is 23.5 Å². The lowest BCUT2D eigenvalue weighted by Crippen LogP contribution is -2.25. The molecule has 0 bridgehead atoms. The molecule has 0 radical (unpaired) electrons. The third kappa shape index (κ3) is 2.90. The number of phenols is 1. The van der Waals surface area contributed by atoms with E-state index in [9.17, 15) is 9.90 Å². The first-order valence-corrected chi connectivity index (χ1v) is 6.54. The molecule has 0 aliphatic heterocycles. The van der Waals surface area contributed by atoms with Crippen molar-refractivity contribution >= 4 is 17.2 Å². The van der Waals surface area contributed by atoms with Crippen molar-refractivity contribution < 1.29 is 9.90 Å². The van der Waals surface area contributed by atoms with E-state index < -0.39 is 0 Å². The molecular weight excluding hydrogens is 246 g/mol. The molecule has 1 aromatic carbocycles. The number of phenolic OH excluding ortho intramolecular Hbond substituents is 1. The molecule has 2 rings (SSSR count). The van der Waals surface area contributed by atoms with Crippen LogP contribution in [0.5, 0.6) is 5.75 Å². The second-order valence-electron chi connectivity index (χ2n) is 4.19. The van der Waals surface area contributed by atoms with Gasteiger partial charge in [-0.15, -0.1) is 11.3 Å². The number of thiophene rings is 1. The standard InChI is InChI=1S/C14H15NO2S/c1-9-3-8-13(18-9)10(2)15-14(17)11-4-6-12(16)7-5-11/h3-8,10,16H,1-2H3,(H,15,17). The van der Waals surface area contributed by atoms with Gasteiger partial charge in [0.2, 0.25) is 0 Å². The Hall–Kier alpha value is -1.81. The average molecular weight is 261 g/mol. The van der Waals surface area contributed by atoms with Crippen LogP contribution in [0.25, 0.3) is 0 Å². The predicted molar refractivity (Wildman–Crippen MR) is 73.0 cm³/mol. The van der Waals surface area contributed by atoms with Crippen molar-refractivity contribution in [3.63, 3.8) is 0 Å². The highest BCUT2D eigenvalue weighted by molar-refractivity contribution is 7.12. The first kappa shape index (κ1) is 12.6. The van der Waals surface area contributed by atoms with Crippen LogP contribution in [-0.2, 0) is 0 Å². The van der Waals surface area contributed by atoms with Gasteiger partial charge in [0.15, 0.2) is 0 Å². The molecule has 3 nitrogen and oxygen atoms in total. The van der Waals surface area contributed by atoms with Crippen LogP contribution in [0, 0.1) is 6.92 Å². The fraction of sp³-hybridized carbons (Fsp3) is 0.214. The minimum absolute atomic E-state index is 0.00926. The molecule has 1 aromatic heterocycles. The number of carbonyl (C=O) groups excluding carboxylic acids is 1. The Bertz CT molecular complexity index is 545. The van der Waals surface area contributed by atoms with Gasteiger partial charge in [-0.25, -0.2) is 0 Å². The number of benzene rings is 1. The van der Waals surface area contributed by atoms with Gasteiger partial charge in [0.25, 0.3) is 5.91 Å². The van der Waals surface area contributed by atoms with Gasteiger partial charge >= 0.3 is 0 Å². The summed E-state index contributed by atoms with van der Waals surface area (Å²) in [6.07, 6.45) is 0. The summed E-state index contributed by atoms with van der Waals surface area (Å²) in [5.74, 6) is 0.0297. The first-order valence-electron chi connectivity index (χ1n) is 5.72. The lowest BCUT2D eigenvalue weighted by Gasteiger charge is -2.12. The van der Waals surface area contributed by atoms with E-state index in [0.29, 0.717) is 5.56 Å². The molecule has 0 saturated carbocycles. The van der Waals surface area contributed by atoms with E-state index >= 15 is 0 Å². The third-order valence-electron chi connectivity index (χ3n) is 2.67. The largest absolute Gasteiger partial charge is 0.508 e. The normalized spacial score (nSPS) is 12.1. The van der Waals surface area contributed by atoms with Gasteiger partial charge in [0.1, 0.15) is 5.75 Å². The summed E-state index contributed by atoms with van der Waals surface area (Å²) in [6.45, 7) is 4.01. The monoisotopic (exact) mass is 261 g/mol. The molecule has 0 fully saturated rings. The van der Waals surface area contributed by atoms with Crippen molar-refractivity contribution in [3.05, 3.63) is 51.7 Å². The van der Waals surface area contributed by atoms with Crippen LogP contribution >= 0.6 is 11.3 Å². The van der Waals surface area contributed by atoms with Crippen LogP contribution in [0.1, 0.15) is 33.1 Å². The van der Waals surface area contributed by atoms with E-state index in [-0.39, 0.29) is 17.7 Å². The van der Waals surface area contributed by atoms with Crippen LogP contribution in [-0.4, -0.2) is 11.0 Å². The third-order valence-corrected chi connectivity index (χ3v) is 3.85.